The highest BCUT2D eigenvalue weighted by Crippen LogP contribution is 2.47. The third-order valence-corrected chi connectivity index (χ3v) is 10.6. The Morgan fingerprint density at radius 2 is 1.55 bits per heavy atom. The minimum absolute atomic E-state index is 0.102. The molecule has 1 aromatic carbocycles. The van der Waals surface area contributed by atoms with E-state index >= 15 is 0 Å². The van der Waals surface area contributed by atoms with Crippen LogP contribution in [0.2, 0.25) is 0 Å². The maximum atomic E-state index is 14.1. The number of aromatic nitrogens is 2. The second-order valence-electron chi connectivity index (χ2n) is 12.9. The number of fused-ring (bicyclic) bond motifs is 5. The summed E-state index contributed by atoms with van der Waals surface area (Å²) in [6, 6.07) is 8.29. The lowest BCUT2D eigenvalue weighted by Gasteiger charge is -2.54. The number of benzene rings is 1. The third-order valence-electron chi connectivity index (χ3n) is 10.6. The fourth-order valence-electron chi connectivity index (χ4n) is 9.07. The van der Waals surface area contributed by atoms with E-state index in [-0.39, 0.29) is 17.4 Å². The maximum Gasteiger partial charge on any atom is 0.328 e. The van der Waals surface area contributed by atoms with Crippen LogP contribution in [0.5, 0.6) is 0 Å². The molecule has 3 N–H and O–H groups in total. The van der Waals surface area contributed by atoms with Gasteiger partial charge in [-0.3, -0.25) is 9.69 Å². The molecule has 0 spiro atoms. The van der Waals surface area contributed by atoms with Crippen LogP contribution in [0.25, 0.3) is 11.0 Å². The minimum Gasteiger partial charge on any atom is -0.480 e. The smallest absolute Gasteiger partial charge is 0.328 e. The summed E-state index contributed by atoms with van der Waals surface area (Å²) in [4.78, 5) is 35.2. The topological polar surface area (TPSA) is 105 Å². The number of para-hydroxylation sites is 2. The molecule has 6 atom stereocenters. The van der Waals surface area contributed by atoms with E-state index in [2.05, 4.69) is 9.88 Å². The Kier molecular flexibility index (Phi) is 6.23. The lowest BCUT2D eigenvalue weighted by molar-refractivity contribution is -0.140. The van der Waals surface area contributed by atoms with E-state index in [1.807, 2.05) is 28.8 Å². The molecule has 0 radical (unpaired) electrons. The van der Waals surface area contributed by atoms with Gasteiger partial charge in [0.15, 0.2) is 5.82 Å². The SMILES string of the molecule is NC1CN(c2nc3ccccc3n(C3CC4CCCC(C3)N4C3CC4CCCCC(C4)C3)c2=O)C1C(=O)O. The van der Waals surface area contributed by atoms with Crippen molar-refractivity contribution in [3.8, 4) is 0 Å². The molecule has 1 aromatic heterocycles. The highest BCUT2D eigenvalue weighted by molar-refractivity contribution is 5.83. The molecule has 6 unspecified atom stereocenters. The number of carbonyl (C=O) groups is 1. The van der Waals surface area contributed by atoms with Crippen LogP contribution >= 0.6 is 0 Å². The number of rotatable bonds is 4. The molecular formula is C30H41N5O3. The van der Waals surface area contributed by atoms with Crippen LogP contribution in [0.3, 0.4) is 0 Å². The zero-order valence-corrected chi connectivity index (χ0v) is 22.3. The Labute approximate surface area is 224 Å². The lowest BCUT2D eigenvalue weighted by Crippen LogP contribution is -2.69. The number of nitrogens with two attached hydrogens (primary N) is 1. The second-order valence-corrected chi connectivity index (χ2v) is 12.9. The van der Waals surface area contributed by atoms with Crippen LogP contribution in [0.15, 0.2) is 29.1 Å². The van der Waals surface area contributed by atoms with Gasteiger partial charge in [-0.1, -0.05) is 44.2 Å². The Morgan fingerprint density at radius 1 is 0.868 bits per heavy atom. The first-order valence-corrected chi connectivity index (χ1v) is 15.0. The molecule has 7 rings (SSSR count). The molecule has 5 aliphatic rings. The first-order chi connectivity index (χ1) is 18.5. The number of anilines is 1. The van der Waals surface area contributed by atoms with Crippen molar-refractivity contribution in [2.45, 2.75) is 113 Å². The quantitative estimate of drug-likeness (QED) is 0.631. The number of carboxylic acid groups (broad SMARTS) is 1. The molecule has 3 saturated heterocycles. The molecule has 4 heterocycles. The van der Waals surface area contributed by atoms with Crippen LogP contribution in [0.4, 0.5) is 5.82 Å². The predicted octanol–water partition coefficient (Wildman–Crippen LogP) is 3.91. The van der Waals surface area contributed by atoms with E-state index in [0.29, 0.717) is 24.7 Å². The molecule has 2 aliphatic carbocycles. The molecule has 204 valence electrons. The van der Waals surface area contributed by atoms with Crippen molar-refractivity contribution >= 4 is 22.8 Å². The Bertz CT molecular complexity index is 1250. The van der Waals surface area contributed by atoms with Crippen molar-refractivity contribution in [1.29, 1.82) is 0 Å². The number of carboxylic acids is 1. The number of nitrogens with zero attached hydrogens (tertiary/aromatic N) is 4. The average molecular weight is 520 g/mol. The van der Waals surface area contributed by atoms with Gasteiger partial charge in [-0.15, -0.1) is 0 Å². The molecule has 0 amide bonds. The van der Waals surface area contributed by atoms with Gasteiger partial charge >= 0.3 is 5.97 Å². The van der Waals surface area contributed by atoms with Crippen LogP contribution in [-0.4, -0.2) is 62.3 Å². The maximum absolute atomic E-state index is 14.1. The average Bonchev–Trinajstić information content (AvgIpc) is 3.05. The van der Waals surface area contributed by atoms with E-state index in [1.165, 1.54) is 64.2 Å². The van der Waals surface area contributed by atoms with E-state index in [9.17, 15) is 14.7 Å². The van der Waals surface area contributed by atoms with Gasteiger partial charge in [0.1, 0.15) is 6.04 Å². The number of hydrogen-bond acceptors (Lipinski definition) is 6. The number of hydrogen-bond donors (Lipinski definition) is 2. The van der Waals surface area contributed by atoms with Gasteiger partial charge < -0.3 is 20.3 Å². The lowest BCUT2D eigenvalue weighted by atomic mass is 9.73. The summed E-state index contributed by atoms with van der Waals surface area (Å²) in [7, 11) is 0. The fourth-order valence-corrected chi connectivity index (χ4v) is 9.07. The van der Waals surface area contributed by atoms with Crippen LogP contribution < -0.4 is 16.2 Å². The molecule has 3 aliphatic heterocycles. The summed E-state index contributed by atoms with van der Waals surface area (Å²) < 4.78 is 1.98. The summed E-state index contributed by atoms with van der Waals surface area (Å²) in [5.74, 6) is 1.04. The summed E-state index contributed by atoms with van der Waals surface area (Å²) in [5.41, 5.74) is 7.46. The molecule has 2 aromatic rings. The monoisotopic (exact) mass is 519 g/mol. The summed E-state index contributed by atoms with van der Waals surface area (Å²) in [5, 5.41) is 9.73. The highest BCUT2D eigenvalue weighted by Gasteiger charge is 2.47. The first kappa shape index (κ1) is 24.6. The summed E-state index contributed by atoms with van der Waals surface area (Å²) >= 11 is 0. The van der Waals surface area contributed by atoms with Gasteiger partial charge in [0.2, 0.25) is 0 Å². The van der Waals surface area contributed by atoms with Crippen molar-refractivity contribution in [1.82, 2.24) is 14.5 Å². The van der Waals surface area contributed by atoms with E-state index in [0.717, 1.165) is 35.7 Å². The van der Waals surface area contributed by atoms with Gasteiger partial charge in [0.05, 0.1) is 17.1 Å². The Balaban J connectivity index is 1.22. The van der Waals surface area contributed by atoms with Gasteiger partial charge in [-0.25, -0.2) is 9.78 Å². The highest BCUT2D eigenvalue weighted by atomic mass is 16.4. The second kappa shape index (κ2) is 9.63. The normalized spacial score (nSPS) is 37.4. The molecule has 5 fully saturated rings. The predicted molar refractivity (Wildman–Crippen MR) is 147 cm³/mol. The van der Waals surface area contributed by atoms with Crippen LogP contribution in [0, 0.1) is 11.8 Å². The van der Waals surface area contributed by atoms with Crippen LogP contribution in [0.1, 0.15) is 83.1 Å². The Hall–Kier alpha value is -2.45. The zero-order chi connectivity index (χ0) is 26.0. The van der Waals surface area contributed by atoms with Crippen molar-refractivity contribution in [2.75, 3.05) is 11.4 Å². The van der Waals surface area contributed by atoms with Gasteiger partial charge in [0, 0.05) is 30.7 Å². The van der Waals surface area contributed by atoms with Gasteiger partial charge in [-0.2, -0.15) is 0 Å². The number of piperidine rings is 2. The van der Waals surface area contributed by atoms with E-state index in [4.69, 9.17) is 5.73 Å². The molecule has 38 heavy (non-hydrogen) atoms. The van der Waals surface area contributed by atoms with Crippen molar-refractivity contribution < 1.29 is 9.90 Å². The van der Waals surface area contributed by atoms with Gasteiger partial charge in [0.25, 0.3) is 5.56 Å². The van der Waals surface area contributed by atoms with Crippen molar-refractivity contribution in [2.24, 2.45) is 17.6 Å². The van der Waals surface area contributed by atoms with Gasteiger partial charge in [-0.05, 0) is 68.9 Å². The van der Waals surface area contributed by atoms with E-state index < -0.39 is 18.1 Å². The molecule has 2 saturated carbocycles. The molecule has 8 heteroatoms. The minimum atomic E-state index is -0.999. The summed E-state index contributed by atoms with van der Waals surface area (Å²) in [6.45, 7) is 0.339. The standard InChI is InChI=1S/C30H41N5O3/c31-24-17-33(27(24)30(37)38)28-29(36)35(26-11-4-3-10-25(26)32-28)23-15-20-8-5-9-21(16-23)34(20)22-13-18-6-1-2-7-19(12-18)14-22/h3-4,10-11,18-24,27H,1-2,5-9,12-17,31H2,(H,37,38). The number of aliphatic carboxylic acids is 1. The zero-order valence-electron chi connectivity index (χ0n) is 22.3. The molecular weight excluding hydrogens is 478 g/mol. The van der Waals surface area contributed by atoms with Crippen molar-refractivity contribution in [3.05, 3.63) is 34.6 Å². The fraction of sp³-hybridized carbons (Fsp3) is 0.700. The summed E-state index contributed by atoms with van der Waals surface area (Å²) in [6.07, 6.45) is 15.5. The third kappa shape index (κ3) is 4.06. The largest absolute Gasteiger partial charge is 0.480 e. The molecule has 4 bridgehead atoms. The van der Waals surface area contributed by atoms with Crippen LogP contribution in [-0.2, 0) is 4.79 Å². The van der Waals surface area contributed by atoms with E-state index in [1.54, 1.807) is 4.90 Å². The molecule has 8 nitrogen and oxygen atoms in total. The Morgan fingerprint density at radius 3 is 2.21 bits per heavy atom. The van der Waals surface area contributed by atoms with Crippen molar-refractivity contribution in [3.63, 3.8) is 0 Å². The first-order valence-electron chi connectivity index (χ1n) is 15.0.